The lowest BCUT2D eigenvalue weighted by molar-refractivity contribution is -0.124. The Kier molecular flexibility index (Phi) is 7.63. The van der Waals surface area contributed by atoms with E-state index in [-0.39, 0.29) is 11.9 Å². The van der Waals surface area contributed by atoms with Crippen molar-refractivity contribution in [2.75, 3.05) is 0 Å². The Morgan fingerprint density at radius 1 is 0.800 bits per heavy atom. The third-order valence-electron chi connectivity index (χ3n) is 4.18. The summed E-state index contributed by atoms with van der Waals surface area (Å²) in [6.07, 6.45) is 12.0. The molecular formula is C16H30N2O2. The van der Waals surface area contributed by atoms with E-state index in [9.17, 15) is 9.59 Å². The van der Waals surface area contributed by atoms with Gasteiger partial charge in [0, 0.05) is 0 Å². The normalized spacial score (nSPS) is 21.9. The highest BCUT2D eigenvalue weighted by Gasteiger charge is 2.44. The third kappa shape index (κ3) is 5.14. The van der Waals surface area contributed by atoms with E-state index in [1.54, 1.807) is 0 Å². The van der Waals surface area contributed by atoms with Crippen molar-refractivity contribution >= 4 is 11.9 Å². The van der Waals surface area contributed by atoms with Gasteiger partial charge in [-0.15, -0.1) is 0 Å². The monoisotopic (exact) mass is 282 g/mol. The van der Waals surface area contributed by atoms with E-state index < -0.39 is 5.54 Å². The zero-order valence-electron chi connectivity index (χ0n) is 13.1. The molecule has 4 heteroatoms. The van der Waals surface area contributed by atoms with Gasteiger partial charge in [0.05, 0.1) is 0 Å². The molecular weight excluding hydrogens is 252 g/mol. The highest BCUT2D eigenvalue weighted by atomic mass is 16.2. The molecule has 0 aliphatic carbocycles. The molecule has 1 fully saturated rings. The molecule has 0 saturated carbocycles. The van der Waals surface area contributed by atoms with Crippen molar-refractivity contribution in [3.05, 3.63) is 0 Å². The van der Waals surface area contributed by atoms with Crippen molar-refractivity contribution in [3.63, 3.8) is 0 Å². The van der Waals surface area contributed by atoms with Crippen molar-refractivity contribution in [2.24, 2.45) is 0 Å². The summed E-state index contributed by atoms with van der Waals surface area (Å²) < 4.78 is 0. The van der Waals surface area contributed by atoms with Crippen LogP contribution in [0.3, 0.4) is 0 Å². The molecule has 1 unspecified atom stereocenters. The van der Waals surface area contributed by atoms with Crippen molar-refractivity contribution in [2.45, 2.75) is 90.0 Å². The lowest BCUT2D eigenvalue weighted by Crippen LogP contribution is -2.46. The smallest absolute Gasteiger partial charge is 0.322 e. The number of hydrogen-bond donors (Lipinski definition) is 2. The van der Waals surface area contributed by atoms with Crippen LogP contribution < -0.4 is 10.6 Å². The number of rotatable bonds is 11. The van der Waals surface area contributed by atoms with Crippen LogP contribution in [0.4, 0.5) is 4.79 Å². The van der Waals surface area contributed by atoms with E-state index in [4.69, 9.17) is 0 Å². The second-order valence-electron chi connectivity index (χ2n) is 5.97. The molecule has 0 aromatic rings. The Hall–Kier alpha value is -1.06. The average Bonchev–Trinajstić information content (AvgIpc) is 2.69. The van der Waals surface area contributed by atoms with E-state index in [0.717, 1.165) is 44.9 Å². The van der Waals surface area contributed by atoms with Gasteiger partial charge in [-0.25, -0.2) is 4.79 Å². The number of imide groups is 1. The first kappa shape index (κ1) is 17.0. The summed E-state index contributed by atoms with van der Waals surface area (Å²) in [4.78, 5) is 23.5. The summed E-state index contributed by atoms with van der Waals surface area (Å²) in [5, 5.41) is 5.29. The Labute approximate surface area is 123 Å². The predicted molar refractivity (Wildman–Crippen MR) is 81.5 cm³/mol. The van der Waals surface area contributed by atoms with Crippen LogP contribution in [0.25, 0.3) is 0 Å². The molecule has 0 bridgehead atoms. The number of urea groups is 1. The highest BCUT2D eigenvalue weighted by Crippen LogP contribution is 2.26. The third-order valence-corrected chi connectivity index (χ3v) is 4.18. The van der Waals surface area contributed by atoms with Crippen LogP contribution in [-0.4, -0.2) is 17.5 Å². The molecule has 1 atom stereocenters. The van der Waals surface area contributed by atoms with E-state index in [1.807, 2.05) is 0 Å². The number of carbonyl (C=O) groups excluding carboxylic acids is 2. The van der Waals surface area contributed by atoms with E-state index in [1.165, 1.54) is 25.7 Å². The van der Waals surface area contributed by atoms with Crippen LogP contribution in [0, 0.1) is 0 Å². The fraction of sp³-hybridized carbons (Fsp3) is 0.875. The molecule has 1 rings (SSSR count). The van der Waals surface area contributed by atoms with Crippen LogP contribution in [-0.2, 0) is 4.79 Å². The molecule has 0 radical (unpaired) electrons. The van der Waals surface area contributed by atoms with E-state index >= 15 is 0 Å². The summed E-state index contributed by atoms with van der Waals surface area (Å²) >= 11 is 0. The molecule has 116 valence electrons. The maximum Gasteiger partial charge on any atom is 0.322 e. The molecule has 1 aliphatic heterocycles. The minimum atomic E-state index is -0.628. The summed E-state index contributed by atoms with van der Waals surface area (Å²) in [5.41, 5.74) is -0.628. The van der Waals surface area contributed by atoms with Gasteiger partial charge in [0.1, 0.15) is 5.54 Å². The molecule has 4 nitrogen and oxygen atoms in total. The van der Waals surface area contributed by atoms with Crippen LogP contribution >= 0.6 is 0 Å². The topological polar surface area (TPSA) is 58.2 Å². The van der Waals surface area contributed by atoms with Gasteiger partial charge in [-0.3, -0.25) is 10.1 Å². The van der Waals surface area contributed by atoms with Gasteiger partial charge in [-0.05, 0) is 12.8 Å². The molecule has 3 amide bonds. The molecule has 1 heterocycles. The standard InChI is InChI=1S/C16H30N2O2/c1-3-5-7-8-9-11-13-16(12-10-6-4-2)14(19)17-15(20)18-16/h3-13H2,1-2H3,(H2,17,18,19,20). The lowest BCUT2D eigenvalue weighted by Gasteiger charge is -2.26. The first-order chi connectivity index (χ1) is 9.64. The zero-order valence-corrected chi connectivity index (χ0v) is 13.1. The van der Waals surface area contributed by atoms with Gasteiger partial charge in [-0.1, -0.05) is 71.6 Å². The van der Waals surface area contributed by atoms with Crippen LogP contribution in [0.1, 0.15) is 84.5 Å². The second-order valence-corrected chi connectivity index (χ2v) is 5.97. The van der Waals surface area contributed by atoms with E-state index in [0.29, 0.717) is 0 Å². The molecule has 2 N–H and O–H groups in total. The largest absolute Gasteiger partial charge is 0.323 e. The van der Waals surface area contributed by atoms with Gasteiger partial charge in [0.2, 0.25) is 0 Å². The molecule has 0 aromatic carbocycles. The summed E-state index contributed by atoms with van der Waals surface area (Å²) in [6, 6.07) is -0.322. The van der Waals surface area contributed by atoms with Crippen molar-refractivity contribution in [3.8, 4) is 0 Å². The van der Waals surface area contributed by atoms with Crippen molar-refractivity contribution in [1.29, 1.82) is 0 Å². The minimum Gasteiger partial charge on any atom is -0.323 e. The Morgan fingerprint density at radius 3 is 1.85 bits per heavy atom. The highest BCUT2D eigenvalue weighted by molar-refractivity contribution is 6.06. The van der Waals surface area contributed by atoms with Gasteiger partial charge in [0.25, 0.3) is 5.91 Å². The number of carbonyl (C=O) groups is 2. The quantitative estimate of drug-likeness (QED) is 0.446. The Balaban J connectivity index is 2.39. The molecule has 20 heavy (non-hydrogen) atoms. The summed E-state index contributed by atoms with van der Waals surface area (Å²) in [5.74, 6) is -0.118. The first-order valence-electron chi connectivity index (χ1n) is 8.28. The lowest BCUT2D eigenvalue weighted by atomic mass is 9.86. The zero-order chi connectivity index (χ0) is 14.8. The SMILES string of the molecule is CCCCCCCCC1(CCCCC)NC(=O)NC1=O. The van der Waals surface area contributed by atoms with Crippen molar-refractivity contribution in [1.82, 2.24) is 10.6 Å². The number of hydrogen-bond acceptors (Lipinski definition) is 2. The average molecular weight is 282 g/mol. The van der Waals surface area contributed by atoms with Crippen molar-refractivity contribution < 1.29 is 9.59 Å². The van der Waals surface area contributed by atoms with Gasteiger partial charge in [-0.2, -0.15) is 0 Å². The van der Waals surface area contributed by atoms with Gasteiger partial charge < -0.3 is 5.32 Å². The number of unbranched alkanes of at least 4 members (excludes halogenated alkanes) is 7. The molecule has 0 aromatic heterocycles. The maximum absolute atomic E-state index is 12.1. The second kappa shape index (κ2) is 8.98. The van der Waals surface area contributed by atoms with E-state index in [2.05, 4.69) is 24.5 Å². The summed E-state index contributed by atoms with van der Waals surface area (Å²) in [6.45, 7) is 4.36. The Morgan fingerprint density at radius 2 is 1.30 bits per heavy atom. The van der Waals surface area contributed by atoms with Gasteiger partial charge >= 0.3 is 6.03 Å². The minimum absolute atomic E-state index is 0.118. The molecule has 1 saturated heterocycles. The number of amides is 3. The number of nitrogens with one attached hydrogen (secondary N) is 2. The first-order valence-corrected chi connectivity index (χ1v) is 8.28. The predicted octanol–water partition coefficient (Wildman–Crippen LogP) is 3.90. The van der Waals surface area contributed by atoms with Gasteiger partial charge in [0.15, 0.2) is 0 Å². The fourth-order valence-corrected chi connectivity index (χ4v) is 2.89. The summed E-state index contributed by atoms with van der Waals surface area (Å²) in [7, 11) is 0. The van der Waals surface area contributed by atoms with Crippen LogP contribution in [0.2, 0.25) is 0 Å². The Bertz CT molecular complexity index is 318. The molecule has 1 aliphatic rings. The van der Waals surface area contributed by atoms with Crippen LogP contribution in [0.5, 0.6) is 0 Å². The maximum atomic E-state index is 12.1. The fourth-order valence-electron chi connectivity index (χ4n) is 2.89. The van der Waals surface area contributed by atoms with Crippen LogP contribution in [0.15, 0.2) is 0 Å². The molecule has 0 spiro atoms.